The third-order valence-corrected chi connectivity index (χ3v) is 4.72. The first kappa shape index (κ1) is 29.6. The summed E-state index contributed by atoms with van der Waals surface area (Å²) in [5.41, 5.74) is 5.36. The van der Waals surface area contributed by atoms with Crippen molar-refractivity contribution in [1.29, 1.82) is 0 Å². The predicted molar refractivity (Wildman–Crippen MR) is 115 cm³/mol. The Balaban J connectivity index is 0. The fourth-order valence-electron chi connectivity index (χ4n) is 2.88. The molecule has 0 aromatic heterocycles. The maximum absolute atomic E-state index is 10.3. The predicted octanol–water partition coefficient (Wildman–Crippen LogP) is 5.21. The van der Waals surface area contributed by atoms with Crippen molar-refractivity contribution in [2.45, 2.75) is 122 Å². The van der Waals surface area contributed by atoms with Gasteiger partial charge in [-0.05, 0) is 19.3 Å². The number of unbranched alkanes of at least 4 members (excludes halogenated alkanes) is 12. The Labute approximate surface area is 176 Å². The lowest BCUT2D eigenvalue weighted by molar-refractivity contribution is -0.139. The van der Waals surface area contributed by atoms with E-state index in [1.54, 1.807) is 0 Å². The minimum atomic E-state index is -0.881. The highest BCUT2D eigenvalue weighted by Gasteiger charge is 2.09. The zero-order chi connectivity index (χ0) is 22.3. The molecule has 172 valence electrons. The van der Waals surface area contributed by atoms with Gasteiger partial charge in [0.1, 0.15) is 6.04 Å². The third kappa shape index (κ3) is 28.7. The summed E-state index contributed by atoms with van der Waals surface area (Å²) in [4.78, 5) is 30.8. The molecule has 0 heterocycles. The summed E-state index contributed by atoms with van der Waals surface area (Å²) in [5.74, 6) is -2.31. The second-order valence-corrected chi connectivity index (χ2v) is 7.62. The molecule has 0 amide bonds. The molecule has 0 spiro atoms. The van der Waals surface area contributed by atoms with E-state index in [0.29, 0.717) is 6.42 Å². The van der Waals surface area contributed by atoms with Crippen LogP contribution in [-0.4, -0.2) is 39.3 Å². The van der Waals surface area contributed by atoms with Crippen LogP contribution in [0.2, 0.25) is 0 Å². The molecule has 0 saturated carbocycles. The molecule has 7 nitrogen and oxygen atoms in total. The summed E-state index contributed by atoms with van der Waals surface area (Å²) in [6, 6.07) is -0.661. The first-order valence-corrected chi connectivity index (χ1v) is 11.2. The first-order chi connectivity index (χ1) is 13.8. The van der Waals surface area contributed by atoms with Crippen LogP contribution in [0.15, 0.2) is 0 Å². The number of nitrogens with two attached hydrogens (primary N) is 1. The maximum atomic E-state index is 10.3. The first-order valence-electron chi connectivity index (χ1n) is 11.2. The zero-order valence-electron chi connectivity index (χ0n) is 18.2. The number of carboxylic acid groups (broad SMARTS) is 3. The Bertz CT molecular complexity index is 392. The minimum absolute atomic E-state index is 0.276. The lowest BCUT2D eigenvalue weighted by atomic mass is 10.1. The quantitative estimate of drug-likeness (QED) is 0.212. The number of hydrogen-bond donors (Lipinski definition) is 4. The number of rotatable bonds is 19. The highest BCUT2D eigenvalue weighted by atomic mass is 16.4. The van der Waals surface area contributed by atoms with Crippen molar-refractivity contribution in [3.05, 3.63) is 0 Å². The number of carboxylic acids is 3. The van der Waals surface area contributed by atoms with Gasteiger partial charge >= 0.3 is 17.9 Å². The maximum Gasteiger partial charge on any atom is 0.320 e. The Hall–Kier alpha value is -1.63. The minimum Gasteiger partial charge on any atom is -0.481 e. The fraction of sp³-hybridized carbons (Fsp3) is 0.864. The van der Waals surface area contributed by atoms with E-state index >= 15 is 0 Å². The molecular formula is C22H43NO6. The van der Waals surface area contributed by atoms with Gasteiger partial charge < -0.3 is 21.1 Å². The van der Waals surface area contributed by atoms with E-state index < -0.39 is 23.9 Å². The molecule has 0 radical (unpaired) electrons. The van der Waals surface area contributed by atoms with Gasteiger partial charge in [-0.15, -0.1) is 0 Å². The molecule has 0 aliphatic rings. The number of aliphatic carboxylic acids is 3. The standard InChI is InChI=1S/C12H22O4.C10H21NO2/c13-11(14)9-7-5-3-1-2-4-6-8-10-12(15)16;1-2-3-4-5-6-7-8-9(11)10(12)13/h1-10H2,(H,13,14)(H,15,16);9H,2-8,11H2,1H3,(H,12,13). The molecule has 0 rings (SSSR count). The van der Waals surface area contributed by atoms with Crippen LogP contribution in [0.5, 0.6) is 0 Å². The van der Waals surface area contributed by atoms with Crippen molar-refractivity contribution in [3.63, 3.8) is 0 Å². The van der Waals surface area contributed by atoms with Crippen LogP contribution in [0.4, 0.5) is 0 Å². The Kier molecular flexibility index (Phi) is 23.1. The van der Waals surface area contributed by atoms with Crippen molar-refractivity contribution in [2.75, 3.05) is 0 Å². The average molecular weight is 418 g/mol. The zero-order valence-corrected chi connectivity index (χ0v) is 18.2. The molecule has 7 heteroatoms. The normalized spacial score (nSPS) is 11.4. The smallest absolute Gasteiger partial charge is 0.320 e. The Morgan fingerprint density at radius 3 is 1.31 bits per heavy atom. The van der Waals surface area contributed by atoms with Gasteiger partial charge in [-0.2, -0.15) is 0 Å². The van der Waals surface area contributed by atoms with Gasteiger partial charge in [0.05, 0.1) is 0 Å². The van der Waals surface area contributed by atoms with Crippen molar-refractivity contribution >= 4 is 17.9 Å². The van der Waals surface area contributed by atoms with E-state index in [1.807, 2.05) is 0 Å². The van der Waals surface area contributed by atoms with Crippen LogP contribution in [0.3, 0.4) is 0 Å². The number of carbonyl (C=O) groups is 3. The summed E-state index contributed by atoms with van der Waals surface area (Å²) in [6.45, 7) is 2.18. The van der Waals surface area contributed by atoms with Gasteiger partial charge in [0.25, 0.3) is 0 Å². The van der Waals surface area contributed by atoms with Crippen molar-refractivity contribution in [1.82, 2.24) is 0 Å². The molecule has 0 fully saturated rings. The molecule has 0 bridgehead atoms. The largest absolute Gasteiger partial charge is 0.481 e. The van der Waals surface area contributed by atoms with Gasteiger partial charge in [0, 0.05) is 12.8 Å². The highest BCUT2D eigenvalue weighted by molar-refractivity contribution is 5.72. The molecule has 5 N–H and O–H groups in total. The molecule has 1 atom stereocenters. The summed E-state index contributed by atoms with van der Waals surface area (Å²) in [6.07, 6.45) is 16.2. The molecule has 0 aliphatic carbocycles. The third-order valence-electron chi connectivity index (χ3n) is 4.72. The summed E-state index contributed by atoms with van der Waals surface area (Å²) in [5, 5.41) is 25.3. The van der Waals surface area contributed by atoms with E-state index in [0.717, 1.165) is 64.2 Å². The van der Waals surface area contributed by atoms with Crippen LogP contribution in [0.25, 0.3) is 0 Å². The lowest BCUT2D eigenvalue weighted by Gasteiger charge is -2.05. The van der Waals surface area contributed by atoms with Crippen molar-refractivity contribution in [3.8, 4) is 0 Å². The summed E-state index contributed by atoms with van der Waals surface area (Å²) >= 11 is 0. The Morgan fingerprint density at radius 1 is 0.621 bits per heavy atom. The van der Waals surface area contributed by atoms with Crippen molar-refractivity contribution in [2.24, 2.45) is 5.73 Å². The Morgan fingerprint density at radius 2 is 0.966 bits per heavy atom. The van der Waals surface area contributed by atoms with E-state index in [1.165, 1.54) is 25.7 Å². The van der Waals surface area contributed by atoms with Gasteiger partial charge in [-0.25, -0.2) is 0 Å². The van der Waals surface area contributed by atoms with Crippen LogP contribution in [0, 0.1) is 0 Å². The fourth-order valence-corrected chi connectivity index (χ4v) is 2.88. The van der Waals surface area contributed by atoms with E-state index in [4.69, 9.17) is 21.1 Å². The summed E-state index contributed by atoms with van der Waals surface area (Å²) in [7, 11) is 0. The number of hydrogen-bond acceptors (Lipinski definition) is 4. The highest BCUT2D eigenvalue weighted by Crippen LogP contribution is 2.10. The molecule has 0 aromatic rings. The van der Waals surface area contributed by atoms with Crippen LogP contribution < -0.4 is 5.73 Å². The second-order valence-electron chi connectivity index (χ2n) is 7.62. The van der Waals surface area contributed by atoms with E-state index in [2.05, 4.69) is 6.92 Å². The molecule has 1 unspecified atom stereocenters. The SMILES string of the molecule is CCCCCCCCC(N)C(=O)O.O=C(O)CCCCCCCCCCC(=O)O. The monoisotopic (exact) mass is 417 g/mol. The van der Waals surface area contributed by atoms with Gasteiger partial charge in [-0.1, -0.05) is 84.0 Å². The lowest BCUT2D eigenvalue weighted by Crippen LogP contribution is -2.29. The van der Waals surface area contributed by atoms with Crippen LogP contribution in [-0.2, 0) is 14.4 Å². The van der Waals surface area contributed by atoms with Crippen LogP contribution in [0.1, 0.15) is 116 Å². The van der Waals surface area contributed by atoms with E-state index in [9.17, 15) is 14.4 Å². The topological polar surface area (TPSA) is 138 Å². The van der Waals surface area contributed by atoms with Crippen molar-refractivity contribution < 1.29 is 29.7 Å². The second kappa shape index (κ2) is 22.7. The average Bonchev–Trinajstić information content (AvgIpc) is 2.65. The molecule has 0 aromatic carbocycles. The van der Waals surface area contributed by atoms with E-state index in [-0.39, 0.29) is 12.8 Å². The molecular weight excluding hydrogens is 374 g/mol. The van der Waals surface area contributed by atoms with Gasteiger partial charge in [0.15, 0.2) is 0 Å². The van der Waals surface area contributed by atoms with Crippen LogP contribution >= 0.6 is 0 Å². The summed E-state index contributed by atoms with van der Waals surface area (Å²) < 4.78 is 0. The van der Waals surface area contributed by atoms with Gasteiger partial charge in [0.2, 0.25) is 0 Å². The molecule has 0 saturated heterocycles. The molecule has 0 aliphatic heterocycles. The molecule has 29 heavy (non-hydrogen) atoms. The van der Waals surface area contributed by atoms with Gasteiger partial charge in [-0.3, -0.25) is 14.4 Å².